The molecular formula is C29H26OS. The van der Waals surface area contributed by atoms with Crippen LogP contribution in [-0.2, 0) is 5.41 Å². The minimum absolute atomic E-state index is 0.212. The first kappa shape index (κ1) is 17.4. The van der Waals surface area contributed by atoms with Crippen LogP contribution in [0.5, 0.6) is 11.5 Å². The summed E-state index contributed by atoms with van der Waals surface area (Å²) in [7, 11) is 0. The zero-order valence-electron chi connectivity index (χ0n) is 17.9. The largest absolute Gasteiger partial charge is 0.454 e. The molecule has 4 bridgehead atoms. The van der Waals surface area contributed by atoms with E-state index in [0.717, 1.165) is 35.2 Å². The highest BCUT2D eigenvalue weighted by atomic mass is 32.2. The second kappa shape index (κ2) is 5.78. The highest BCUT2D eigenvalue weighted by Crippen LogP contribution is 2.71. The maximum atomic E-state index is 6.70. The van der Waals surface area contributed by atoms with E-state index in [2.05, 4.69) is 61.5 Å². The van der Waals surface area contributed by atoms with Crippen molar-refractivity contribution < 1.29 is 4.74 Å². The molecule has 0 radical (unpaired) electrons. The molecule has 0 amide bonds. The number of ether oxygens (including phenoxy) is 1. The number of fused-ring (bicyclic) bond motifs is 6. The van der Waals surface area contributed by atoms with Gasteiger partial charge in [0.1, 0.15) is 11.5 Å². The lowest BCUT2D eigenvalue weighted by Crippen LogP contribution is -2.55. The van der Waals surface area contributed by atoms with Crippen LogP contribution in [0, 0.1) is 30.6 Å². The molecule has 0 unspecified atom stereocenters. The van der Waals surface area contributed by atoms with Gasteiger partial charge in [0.25, 0.3) is 0 Å². The summed E-state index contributed by atoms with van der Waals surface area (Å²) in [6.45, 7) is 2.37. The third kappa shape index (κ3) is 2.02. The number of rotatable bonds is 0. The van der Waals surface area contributed by atoms with Gasteiger partial charge in [-0.3, -0.25) is 0 Å². The lowest BCUT2D eigenvalue weighted by molar-refractivity contribution is -0.0402. The van der Waals surface area contributed by atoms with Crippen LogP contribution in [0.3, 0.4) is 0 Å². The van der Waals surface area contributed by atoms with Crippen molar-refractivity contribution in [2.75, 3.05) is 0 Å². The first-order valence-corrected chi connectivity index (χ1v) is 12.8. The standard InChI is InChI=1S/C29H26OS/c1-16-10-25-28(30-23-8-4-5-9-24(23)31-25)26-21-6-2-3-7-22(21)29(27(16)26)19-12-17-11-18(14-19)15-20(29)13-17/h2-10,17-20H,11-15H2,1H3. The summed E-state index contributed by atoms with van der Waals surface area (Å²) in [6, 6.07) is 20.3. The Hall–Kier alpha value is -2.19. The summed E-state index contributed by atoms with van der Waals surface area (Å²) in [4.78, 5) is 2.51. The second-order valence-corrected chi connectivity index (χ2v) is 11.7. The van der Waals surface area contributed by atoms with Crippen molar-refractivity contribution in [3.05, 3.63) is 71.3 Å². The Labute approximate surface area is 188 Å². The Bertz CT molecular complexity index is 1240. The normalized spacial score (nSPS) is 32.9. The Kier molecular flexibility index (Phi) is 3.24. The van der Waals surface area contributed by atoms with Crippen LogP contribution in [0.1, 0.15) is 48.8 Å². The van der Waals surface area contributed by atoms with Gasteiger partial charge >= 0.3 is 0 Å². The molecule has 1 heterocycles. The molecule has 3 aromatic carbocycles. The first-order valence-electron chi connectivity index (χ1n) is 12.0. The molecule has 9 rings (SSSR count). The van der Waals surface area contributed by atoms with Crippen molar-refractivity contribution in [2.45, 2.75) is 54.2 Å². The van der Waals surface area contributed by atoms with Crippen molar-refractivity contribution in [3.8, 4) is 22.6 Å². The van der Waals surface area contributed by atoms with Gasteiger partial charge in [-0.25, -0.2) is 0 Å². The van der Waals surface area contributed by atoms with E-state index in [4.69, 9.17) is 4.74 Å². The zero-order valence-corrected chi connectivity index (χ0v) is 18.7. The molecule has 1 aliphatic heterocycles. The fraction of sp³-hybridized carbons (Fsp3) is 0.379. The van der Waals surface area contributed by atoms with E-state index in [1.54, 1.807) is 11.1 Å². The van der Waals surface area contributed by atoms with E-state index in [1.165, 1.54) is 58.6 Å². The number of hydrogen-bond acceptors (Lipinski definition) is 2. The highest BCUT2D eigenvalue weighted by molar-refractivity contribution is 7.99. The molecule has 0 aromatic heterocycles. The summed E-state index contributed by atoms with van der Waals surface area (Å²) >= 11 is 1.88. The van der Waals surface area contributed by atoms with E-state index >= 15 is 0 Å². The molecular weight excluding hydrogens is 396 g/mol. The monoisotopic (exact) mass is 422 g/mol. The van der Waals surface area contributed by atoms with Crippen LogP contribution >= 0.6 is 11.8 Å². The molecule has 0 N–H and O–H groups in total. The van der Waals surface area contributed by atoms with Crippen molar-refractivity contribution in [1.29, 1.82) is 0 Å². The molecule has 4 fully saturated rings. The van der Waals surface area contributed by atoms with Crippen molar-refractivity contribution >= 4 is 11.8 Å². The minimum atomic E-state index is 0.212. The van der Waals surface area contributed by atoms with Gasteiger partial charge in [0, 0.05) is 11.0 Å². The van der Waals surface area contributed by atoms with Gasteiger partial charge in [-0.05, 0) is 103 Å². The van der Waals surface area contributed by atoms with Crippen LogP contribution in [0.25, 0.3) is 11.1 Å². The number of benzene rings is 3. The van der Waals surface area contributed by atoms with Crippen molar-refractivity contribution in [2.24, 2.45) is 23.7 Å². The predicted octanol–water partition coefficient (Wildman–Crippen LogP) is 7.97. The predicted molar refractivity (Wildman–Crippen MR) is 125 cm³/mol. The highest BCUT2D eigenvalue weighted by Gasteiger charge is 2.62. The molecule has 1 nitrogen and oxygen atoms in total. The summed E-state index contributed by atoms with van der Waals surface area (Å²) in [5.74, 6) is 5.66. The van der Waals surface area contributed by atoms with Gasteiger partial charge in [0.2, 0.25) is 0 Å². The summed E-state index contributed by atoms with van der Waals surface area (Å²) in [5.41, 5.74) is 7.80. The molecule has 0 atom stereocenters. The van der Waals surface area contributed by atoms with Crippen LogP contribution in [-0.4, -0.2) is 0 Å². The molecule has 1 spiro atoms. The fourth-order valence-corrected chi connectivity index (χ4v) is 9.62. The fourth-order valence-electron chi connectivity index (χ4n) is 8.55. The molecule has 154 valence electrons. The third-order valence-corrected chi connectivity index (χ3v) is 10.3. The van der Waals surface area contributed by atoms with Gasteiger partial charge in [-0.1, -0.05) is 48.2 Å². The first-order chi connectivity index (χ1) is 15.2. The lowest BCUT2D eigenvalue weighted by Gasteiger charge is -2.61. The van der Waals surface area contributed by atoms with Crippen LogP contribution in [0.4, 0.5) is 0 Å². The molecule has 4 saturated carbocycles. The Morgan fingerprint density at radius 3 is 2.35 bits per heavy atom. The summed E-state index contributed by atoms with van der Waals surface area (Å²) < 4.78 is 6.70. The smallest absolute Gasteiger partial charge is 0.149 e. The molecule has 0 saturated heterocycles. The Balaban J connectivity index is 1.44. The zero-order chi connectivity index (χ0) is 20.3. The maximum Gasteiger partial charge on any atom is 0.149 e. The van der Waals surface area contributed by atoms with Crippen molar-refractivity contribution in [3.63, 3.8) is 0 Å². The van der Waals surface area contributed by atoms with Gasteiger partial charge < -0.3 is 4.74 Å². The SMILES string of the molecule is Cc1cc2c(c3c1C1(c4ccccc4-3)C3CC4CC(C3)CC1C4)Oc1ccccc1S2. The van der Waals surface area contributed by atoms with Crippen LogP contribution < -0.4 is 4.74 Å². The molecule has 5 aliphatic carbocycles. The Morgan fingerprint density at radius 2 is 1.55 bits per heavy atom. The van der Waals surface area contributed by atoms with Gasteiger partial charge in [0.05, 0.1) is 9.79 Å². The van der Waals surface area contributed by atoms with Gasteiger partial charge in [0.15, 0.2) is 0 Å². The van der Waals surface area contributed by atoms with E-state index in [1.807, 2.05) is 11.8 Å². The second-order valence-electron chi connectivity index (χ2n) is 10.6. The van der Waals surface area contributed by atoms with E-state index in [9.17, 15) is 0 Å². The average molecular weight is 423 g/mol. The van der Waals surface area contributed by atoms with Crippen LogP contribution in [0.2, 0.25) is 0 Å². The molecule has 31 heavy (non-hydrogen) atoms. The van der Waals surface area contributed by atoms with Gasteiger partial charge in [-0.2, -0.15) is 0 Å². The van der Waals surface area contributed by atoms with Crippen molar-refractivity contribution in [1.82, 2.24) is 0 Å². The average Bonchev–Trinajstić information content (AvgIpc) is 3.09. The quantitative estimate of drug-likeness (QED) is 0.284. The number of para-hydroxylation sites is 1. The number of hydrogen-bond donors (Lipinski definition) is 0. The molecule has 6 aliphatic rings. The van der Waals surface area contributed by atoms with Gasteiger partial charge in [-0.15, -0.1) is 0 Å². The summed E-state index contributed by atoms with van der Waals surface area (Å²) in [5, 5.41) is 0. The third-order valence-electron chi connectivity index (χ3n) is 9.21. The molecule has 3 aromatic rings. The molecule has 2 heteroatoms. The Morgan fingerprint density at radius 1 is 0.839 bits per heavy atom. The van der Waals surface area contributed by atoms with Crippen LogP contribution in [0.15, 0.2) is 64.4 Å². The van der Waals surface area contributed by atoms with E-state index in [-0.39, 0.29) is 5.41 Å². The summed E-state index contributed by atoms with van der Waals surface area (Å²) in [6.07, 6.45) is 7.20. The minimum Gasteiger partial charge on any atom is -0.454 e. The maximum absolute atomic E-state index is 6.70. The number of aryl methyl sites for hydroxylation is 1. The lowest BCUT2D eigenvalue weighted by atomic mass is 9.43. The van der Waals surface area contributed by atoms with E-state index < -0.39 is 0 Å². The topological polar surface area (TPSA) is 9.23 Å². The van der Waals surface area contributed by atoms with E-state index in [0.29, 0.717) is 0 Å².